The summed E-state index contributed by atoms with van der Waals surface area (Å²) in [6, 6.07) is 24.1. The Morgan fingerprint density at radius 1 is 0.545 bits per heavy atom. The molecule has 0 amide bonds. The van der Waals surface area contributed by atoms with Crippen LogP contribution >= 0.6 is 0 Å². The molecule has 0 heterocycles. The molecule has 172 valence electrons. The van der Waals surface area contributed by atoms with Gasteiger partial charge in [-0.15, -0.1) is 0 Å². The molecule has 0 aliphatic rings. The number of hydrogen-bond acceptors (Lipinski definition) is 2. The van der Waals surface area contributed by atoms with Crippen molar-refractivity contribution >= 4 is 11.4 Å². The van der Waals surface area contributed by atoms with Crippen molar-refractivity contribution < 1.29 is 0 Å². The van der Waals surface area contributed by atoms with E-state index in [1.165, 1.54) is 27.8 Å². The van der Waals surface area contributed by atoms with Gasteiger partial charge in [0.1, 0.15) is 0 Å². The molecule has 0 aliphatic carbocycles. The van der Waals surface area contributed by atoms with Gasteiger partial charge in [-0.05, 0) is 78.8 Å². The van der Waals surface area contributed by atoms with Gasteiger partial charge in [-0.2, -0.15) is 0 Å². The summed E-state index contributed by atoms with van der Waals surface area (Å²) in [5, 5.41) is 16.2. The Kier molecular flexibility index (Phi) is 9.18. The van der Waals surface area contributed by atoms with Crippen molar-refractivity contribution in [3.05, 3.63) is 106 Å². The molecule has 3 rings (SSSR count). The molecular weight excluding hydrogens is 400 g/mol. The number of aryl methyl sites for hydroxylation is 5. The molecule has 3 aromatic rings. The topological polar surface area (TPSA) is 47.7 Å². The lowest BCUT2D eigenvalue weighted by Crippen LogP contribution is -2.00. The van der Waals surface area contributed by atoms with Crippen molar-refractivity contribution in [2.45, 2.75) is 72.1 Å². The van der Waals surface area contributed by atoms with Gasteiger partial charge >= 0.3 is 0 Å². The normalized spacial score (nSPS) is 10.9. The Hall–Kier alpha value is -3.00. The van der Waals surface area contributed by atoms with Crippen LogP contribution in [-0.4, -0.2) is 11.4 Å². The second kappa shape index (κ2) is 12.3. The smallest absolute Gasteiger partial charge is 0.0386 e. The molecule has 0 saturated carbocycles. The minimum absolute atomic E-state index is 0.737. The van der Waals surface area contributed by atoms with E-state index in [4.69, 9.17) is 10.8 Å². The summed E-state index contributed by atoms with van der Waals surface area (Å²) in [5.74, 6) is 0. The Morgan fingerprint density at radius 2 is 0.909 bits per heavy atom. The Bertz CT molecular complexity index is 975. The minimum atomic E-state index is 0.737. The Labute approximate surface area is 200 Å². The SMILES string of the molecule is CCCC(=N)c1ccc(CCc2cc(C)cc(CCc3ccc(C(=N)CCC)cc3)c2)cc1. The van der Waals surface area contributed by atoms with Crippen LogP contribution in [0.4, 0.5) is 0 Å². The summed E-state index contributed by atoms with van der Waals surface area (Å²) < 4.78 is 0. The fraction of sp³-hybridized carbons (Fsp3) is 0.355. The van der Waals surface area contributed by atoms with Gasteiger partial charge in [0.05, 0.1) is 0 Å². The van der Waals surface area contributed by atoms with E-state index in [-0.39, 0.29) is 0 Å². The number of nitrogens with one attached hydrogen (secondary N) is 2. The zero-order valence-corrected chi connectivity index (χ0v) is 20.5. The average Bonchev–Trinajstić information content (AvgIpc) is 2.82. The van der Waals surface area contributed by atoms with Crippen LogP contribution in [0.25, 0.3) is 0 Å². The predicted octanol–water partition coefficient (Wildman–Crippen LogP) is 7.90. The van der Waals surface area contributed by atoms with E-state index in [0.717, 1.165) is 73.9 Å². The van der Waals surface area contributed by atoms with Crippen LogP contribution in [-0.2, 0) is 25.7 Å². The summed E-state index contributed by atoms with van der Waals surface area (Å²) >= 11 is 0. The van der Waals surface area contributed by atoms with Gasteiger partial charge in [0.15, 0.2) is 0 Å². The van der Waals surface area contributed by atoms with Crippen molar-refractivity contribution in [1.29, 1.82) is 10.8 Å². The number of hydrogen-bond donors (Lipinski definition) is 2. The molecule has 0 bridgehead atoms. The average molecular weight is 439 g/mol. The highest BCUT2D eigenvalue weighted by Gasteiger charge is 2.05. The van der Waals surface area contributed by atoms with Gasteiger partial charge < -0.3 is 10.8 Å². The highest BCUT2D eigenvalue weighted by Crippen LogP contribution is 2.17. The lowest BCUT2D eigenvalue weighted by Gasteiger charge is -2.10. The molecule has 0 saturated heterocycles. The van der Waals surface area contributed by atoms with E-state index in [2.05, 4.69) is 87.5 Å². The van der Waals surface area contributed by atoms with Gasteiger partial charge in [0.2, 0.25) is 0 Å². The molecule has 2 nitrogen and oxygen atoms in total. The van der Waals surface area contributed by atoms with Gasteiger partial charge in [-0.25, -0.2) is 0 Å². The second-order valence-electron chi connectivity index (χ2n) is 9.18. The standard InChI is InChI=1S/C31H38N2/c1-4-6-30(32)28-16-12-24(13-17-28)8-10-26-20-23(3)21-27(22-26)11-9-25-14-18-29(19-15-25)31(33)7-5-2/h12-22,32-33H,4-11H2,1-3H3. The van der Waals surface area contributed by atoms with Crippen LogP contribution in [0.3, 0.4) is 0 Å². The van der Waals surface area contributed by atoms with E-state index in [1.54, 1.807) is 0 Å². The van der Waals surface area contributed by atoms with Crippen molar-refractivity contribution in [1.82, 2.24) is 0 Å². The van der Waals surface area contributed by atoms with Crippen LogP contribution < -0.4 is 0 Å². The van der Waals surface area contributed by atoms with Crippen LogP contribution in [0.15, 0.2) is 66.7 Å². The molecule has 0 fully saturated rings. The second-order valence-corrected chi connectivity index (χ2v) is 9.18. The molecule has 2 heteroatoms. The van der Waals surface area contributed by atoms with E-state index in [1.807, 2.05) is 0 Å². The summed E-state index contributed by atoms with van der Waals surface area (Å²) in [6.07, 6.45) is 7.85. The molecule has 33 heavy (non-hydrogen) atoms. The molecule has 0 atom stereocenters. The van der Waals surface area contributed by atoms with Crippen molar-refractivity contribution in [3.63, 3.8) is 0 Å². The summed E-state index contributed by atoms with van der Waals surface area (Å²) in [7, 11) is 0. The van der Waals surface area contributed by atoms with E-state index >= 15 is 0 Å². The maximum Gasteiger partial charge on any atom is 0.0386 e. The van der Waals surface area contributed by atoms with Crippen LogP contribution in [0, 0.1) is 17.7 Å². The highest BCUT2D eigenvalue weighted by molar-refractivity contribution is 5.98. The third-order valence-corrected chi connectivity index (χ3v) is 6.21. The first-order valence-electron chi connectivity index (χ1n) is 12.4. The third-order valence-electron chi connectivity index (χ3n) is 6.21. The molecular formula is C31H38N2. The van der Waals surface area contributed by atoms with Gasteiger partial charge in [-0.3, -0.25) is 0 Å². The molecule has 0 spiro atoms. The monoisotopic (exact) mass is 438 g/mol. The quantitative estimate of drug-likeness (QED) is 0.270. The fourth-order valence-corrected chi connectivity index (χ4v) is 4.35. The summed E-state index contributed by atoms with van der Waals surface area (Å²) in [6.45, 7) is 6.43. The lowest BCUT2D eigenvalue weighted by atomic mass is 9.96. The Balaban J connectivity index is 1.57. The van der Waals surface area contributed by atoms with Crippen LogP contribution in [0.2, 0.25) is 0 Å². The Morgan fingerprint density at radius 3 is 1.27 bits per heavy atom. The maximum absolute atomic E-state index is 8.12. The molecule has 2 N–H and O–H groups in total. The van der Waals surface area contributed by atoms with Crippen molar-refractivity contribution in [2.24, 2.45) is 0 Å². The largest absolute Gasteiger partial charge is 0.305 e. The minimum Gasteiger partial charge on any atom is -0.305 e. The van der Waals surface area contributed by atoms with Gasteiger partial charge in [0, 0.05) is 11.4 Å². The van der Waals surface area contributed by atoms with Crippen LogP contribution in [0.1, 0.15) is 78.5 Å². The van der Waals surface area contributed by atoms with Crippen LogP contribution in [0.5, 0.6) is 0 Å². The molecule has 0 aliphatic heterocycles. The summed E-state index contributed by atoms with van der Waals surface area (Å²) in [5.41, 5.74) is 10.4. The first-order valence-corrected chi connectivity index (χ1v) is 12.4. The first-order chi connectivity index (χ1) is 16.0. The molecule has 0 unspecified atom stereocenters. The van der Waals surface area contributed by atoms with E-state index < -0.39 is 0 Å². The van der Waals surface area contributed by atoms with Gasteiger partial charge in [0.25, 0.3) is 0 Å². The molecule has 0 radical (unpaired) electrons. The maximum atomic E-state index is 8.12. The fourth-order valence-electron chi connectivity index (χ4n) is 4.35. The molecule has 0 aromatic heterocycles. The van der Waals surface area contributed by atoms with Gasteiger partial charge in [-0.1, -0.05) is 99.0 Å². The van der Waals surface area contributed by atoms with Crippen molar-refractivity contribution in [3.8, 4) is 0 Å². The highest BCUT2D eigenvalue weighted by atomic mass is 14.4. The van der Waals surface area contributed by atoms with E-state index in [9.17, 15) is 0 Å². The molecule has 3 aromatic carbocycles. The van der Waals surface area contributed by atoms with Crippen molar-refractivity contribution in [2.75, 3.05) is 0 Å². The lowest BCUT2D eigenvalue weighted by molar-refractivity contribution is 0.926. The number of benzene rings is 3. The zero-order chi connectivity index (χ0) is 23.6. The third kappa shape index (κ3) is 7.53. The summed E-state index contributed by atoms with van der Waals surface area (Å²) in [4.78, 5) is 0. The predicted molar refractivity (Wildman–Crippen MR) is 142 cm³/mol. The first kappa shape index (κ1) is 24.6. The zero-order valence-electron chi connectivity index (χ0n) is 20.5. The van der Waals surface area contributed by atoms with E-state index in [0.29, 0.717) is 0 Å². The number of rotatable bonds is 12.